The van der Waals surface area contributed by atoms with Crippen molar-refractivity contribution < 1.29 is 85.1 Å². The van der Waals surface area contributed by atoms with Crippen LogP contribution in [0.15, 0.2) is 202 Å². The molecule has 0 bridgehead atoms. The molecule has 6 aromatic rings. The van der Waals surface area contributed by atoms with Gasteiger partial charge >= 0.3 is 59.1 Å². The van der Waals surface area contributed by atoms with Crippen LogP contribution in [0.1, 0.15) is 11.1 Å². The fraction of sp³-hybridized carbons (Fsp3) is 0. The van der Waals surface area contributed by atoms with Crippen LogP contribution in [0.5, 0.6) is 0 Å². The maximum absolute atomic E-state index is 12.6. The minimum absolute atomic E-state index is 0. The Balaban J connectivity index is 0.00000360. The van der Waals surface area contributed by atoms with E-state index in [1.807, 2.05) is 121 Å². The monoisotopic (exact) mass is 940 g/mol. The number of rotatable bonds is 14. The fourth-order valence-electron chi connectivity index (χ4n) is 6.28. The minimum atomic E-state index is -5.09. The summed E-state index contributed by atoms with van der Waals surface area (Å²) in [7, 11) is -10.2. The number of anilines is 6. The Morgan fingerprint density at radius 2 is 0.773 bits per heavy atom. The molecule has 8 rings (SSSR count). The molecule has 0 spiro atoms. The Morgan fingerprint density at radius 3 is 1.11 bits per heavy atom. The van der Waals surface area contributed by atoms with Gasteiger partial charge in [0.15, 0.2) is 11.7 Å². The van der Waals surface area contributed by atoms with Crippen molar-refractivity contribution in [1.82, 2.24) is 21.3 Å². The molecule has 66 heavy (non-hydrogen) atoms. The van der Waals surface area contributed by atoms with Gasteiger partial charge in [0.1, 0.15) is 31.9 Å². The van der Waals surface area contributed by atoms with Gasteiger partial charge in [-0.25, -0.2) is 27.7 Å². The summed E-state index contributed by atoms with van der Waals surface area (Å²) in [4.78, 5) is -1.22. The first-order chi connectivity index (χ1) is 30.9. The van der Waals surface area contributed by atoms with Gasteiger partial charge in [-0.3, -0.25) is 10.9 Å². The maximum atomic E-state index is 12.6. The third-order valence-corrected chi connectivity index (χ3v) is 10.9. The van der Waals surface area contributed by atoms with Crippen LogP contribution in [-0.2, 0) is 20.2 Å². The number of hydrazine groups is 4. The largest absolute Gasteiger partial charge is 1.00 e. The molecule has 0 aliphatic carbocycles. The molecular weight excluding hydrogens is 903 g/mol. The second-order valence-corrected chi connectivity index (χ2v) is 16.6. The average Bonchev–Trinajstić information content (AvgIpc) is 3.27. The maximum Gasteiger partial charge on any atom is 1.00 e. The molecule has 0 radical (unpaired) electrons. The van der Waals surface area contributed by atoms with Gasteiger partial charge in [-0.15, -0.1) is 20.7 Å². The van der Waals surface area contributed by atoms with Crippen molar-refractivity contribution >= 4 is 78.2 Å². The molecule has 324 valence electrons. The van der Waals surface area contributed by atoms with Crippen molar-refractivity contribution in [3.63, 3.8) is 0 Å². The van der Waals surface area contributed by atoms with Crippen molar-refractivity contribution in [2.75, 3.05) is 32.1 Å². The predicted octanol–water partition coefficient (Wildman–Crippen LogP) is 0.726. The molecule has 18 nitrogen and oxygen atoms in total. The van der Waals surface area contributed by atoms with Crippen molar-refractivity contribution in [1.29, 1.82) is 0 Å². The van der Waals surface area contributed by atoms with E-state index in [-0.39, 0.29) is 93.3 Å². The van der Waals surface area contributed by atoms with Crippen LogP contribution in [0.2, 0.25) is 0 Å². The summed E-state index contributed by atoms with van der Waals surface area (Å²) in [6.07, 6.45) is 5.78. The van der Waals surface area contributed by atoms with Gasteiger partial charge in [0.05, 0.1) is 21.2 Å². The Morgan fingerprint density at radius 1 is 0.439 bits per heavy atom. The second-order valence-electron chi connectivity index (χ2n) is 13.9. The summed E-state index contributed by atoms with van der Waals surface area (Å²) in [6, 6.07) is 45.3. The number of benzene rings is 6. The normalized spacial score (nSPS) is 13.5. The number of nitrogens with one attached hydrogen (secondary N) is 8. The van der Waals surface area contributed by atoms with E-state index in [1.54, 1.807) is 12.2 Å². The molecule has 22 heteroatoms. The number of hydrogen-bond acceptors (Lipinski definition) is 18. The van der Waals surface area contributed by atoms with Crippen LogP contribution in [0, 0.1) is 0 Å². The number of para-hydroxylation sites is 4. The third-order valence-electron chi connectivity index (χ3n) is 9.11. The number of hydrogen-bond donors (Lipinski definition) is 8. The molecule has 0 unspecified atom stereocenters. The third kappa shape index (κ3) is 13.6. The number of nitrogens with zero attached hydrogens (tertiary/aromatic N) is 4. The molecule has 0 aromatic heterocycles. The molecule has 0 saturated carbocycles. The van der Waals surface area contributed by atoms with E-state index < -0.39 is 30.0 Å². The summed E-state index contributed by atoms with van der Waals surface area (Å²) in [5.74, 6) is 1.51. The predicted molar refractivity (Wildman–Crippen MR) is 246 cm³/mol. The molecule has 2 aliphatic heterocycles. The van der Waals surface area contributed by atoms with Gasteiger partial charge in [-0.05, 0) is 83.9 Å². The SMILES string of the molecule is O=S(=O)([O-])c1cc(NC2=NN(Nc3ccccc3)NC(Nc3ccccc3)=C2)ccc1C=Cc1ccc(NC2=NN(Nc3ccccc3)NC(Nc3ccccc3)=C2)cc1S(=O)(=O)[O-].[Na+].[Na+]. The molecule has 0 fully saturated rings. The zero-order valence-electron chi connectivity index (χ0n) is 35.4. The Hall–Kier alpha value is -6.30. The molecule has 0 saturated heterocycles. The summed E-state index contributed by atoms with van der Waals surface area (Å²) in [5, 5.41) is 24.3. The first kappa shape index (κ1) is 49.1. The number of amidine groups is 2. The smallest absolute Gasteiger partial charge is 0.744 e. The van der Waals surface area contributed by atoms with E-state index in [0.29, 0.717) is 11.6 Å². The van der Waals surface area contributed by atoms with E-state index in [9.17, 15) is 25.9 Å². The molecule has 8 N–H and O–H groups in total. The van der Waals surface area contributed by atoms with Crippen LogP contribution in [-0.4, -0.2) is 48.1 Å². The topological polar surface area (TPSA) is 242 Å². The van der Waals surface area contributed by atoms with Crippen LogP contribution < -0.4 is 102 Å². The second kappa shape index (κ2) is 22.3. The van der Waals surface area contributed by atoms with Crippen molar-refractivity contribution in [2.45, 2.75) is 9.79 Å². The van der Waals surface area contributed by atoms with Gasteiger partial charge < -0.3 is 30.4 Å². The van der Waals surface area contributed by atoms with Gasteiger partial charge in [0.25, 0.3) is 0 Å². The summed E-state index contributed by atoms with van der Waals surface area (Å²) < 4.78 is 75.9. The van der Waals surface area contributed by atoms with Gasteiger partial charge in [-0.1, -0.05) is 97.1 Å². The van der Waals surface area contributed by atoms with Crippen molar-refractivity contribution in [2.24, 2.45) is 10.2 Å². The zero-order valence-corrected chi connectivity index (χ0v) is 41.0. The minimum Gasteiger partial charge on any atom is -0.744 e. The Bertz CT molecular complexity index is 2820. The van der Waals surface area contributed by atoms with E-state index in [2.05, 4.69) is 53.2 Å². The van der Waals surface area contributed by atoms with Gasteiger partial charge in [-0.2, -0.15) is 0 Å². The van der Waals surface area contributed by atoms with Crippen molar-refractivity contribution in [3.05, 3.63) is 193 Å². The molecule has 0 atom stereocenters. The standard InChI is InChI=1S/C44H40N12O6S2.2Na/c57-63(58,59)39-27-37(47-43-29-41(45-33-13-5-1-6-14-33)51-55(53-43)49-35-17-9-3-10-18-35)25-23-31(39)21-22-32-24-26-38(28-40(32)64(60,61)62)48-44-30-42(46-34-15-7-2-8-16-34)52-56(54-44)50-36-19-11-4-12-20-36;;/h1-30,45-46,49-52H,(H,47,53)(H,48,54)(H,57,58,59)(H,60,61,62);;/q;2*+1/p-2. The summed E-state index contributed by atoms with van der Waals surface area (Å²) in [6.45, 7) is 0. The van der Waals surface area contributed by atoms with Crippen LogP contribution in [0.3, 0.4) is 0 Å². The molecule has 6 aromatic carbocycles. The van der Waals surface area contributed by atoms with E-state index in [0.717, 1.165) is 34.9 Å². The van der Waals surface area contributed by atoms with E-state index >= 15 is 0 Å². The van der Waals surface area contributed by atoms with E-state index in [4.69, 9.17) is 0 Å². The Kier molecular flexibility index (Phi) is 16.6. The average molecular weight is 941 g/mol. The molecule has 2 heterocycles. The van der Waals surface area contributed by atoms with Gasteiger partial charge in [0, 0.05) is 34.9 Å². The van der Waals surface area contributed by atoms with Crippen LogP contribution in [0.4, 0.5) is 34.1 Å². The first-order valence-electron chi connectivity index (χ1n) is 19.3. The molecular formula is C44H38N12Na2O6S2. The van der Waals surface area contributed by atoms with Crippen molar-refractivity contribution in [3.8, 4) is 0 Å². The van der Waals surface area contributed by atoms with Crippen LogP contribution >= 0.6 is 0 Å². The fourth-order valence-corrected chi connectivity index (χ4v) is 7.67. The molecule has 2 aliphatic rings. The quantitative estimate of drug-likeness (QED) is 0.0427. The van der Waals surface area contributed by atoms with E-state index in [1.165, 1.54) is 46.9 Å². The summed E-state index contributed by atoms with van der Waals surface area (Å²) in [5.41, 5.74) is 15.7. The summed E-state index contributed by atoms with van der Waals surface area (Å²) >= 11 is 0. The molecule has 0 amide bonds. The first-order valence-corrected chi connectivity index (χ1v) is 22.2. The Labute approximate surface area is 425 Å². The van der Waals surface area contributed by atoms with Gasteiger partial charge in [0.2, 0.25) is 0 Å². The zero-order chi connectivity index (χ0) is 44.5. The van der Waals surface area contributed by atoms with Crippen LogP contribution in [0.25, 0.3) is 12.2 Å². The number of hydrazone groups is 2.